The summed E-state index contributed by atoms with van der Waals surface area (Å²) in [5, 5.41) is 9.11. The molecule has 2 aromatic rings. The van der Waals surface area contributed by atoms with Gasteiger partial charge < -0.3 is 14.6 Å². The van der Waals surface area contributed by atoms with Crippen LogP contribution in [0, 0.1) is 0 Å². The van der Waals surface area contributed by atoms with Crippen LogP contribution < -0.4 is 9.47 Å². The SMILES string of the molecule is COc1cccc(COc2ncc(Br)cc2C(=O)O)c1. The average Bonchev–Trinajstić information content (AvgIpc) is 2.46. The van der Waals surface area contributed by atoms with Gasteiger partial charge in [0.1, 0.15) is 17.9 Å². The lowest BCUT2D eigenvalue weighted by molar-refractivity contribution is 0.0690. The number of ether oxygens (including phenoxy) is 2. The van der Waals surface area contributed by atoms with Crippen molar-refractivity contribution in [1.29, 1.82) is 0 Å². The first-order chi connectivity index (χ1) is 9.60. The van der Waals surface area contributed by atoms with Gasteiger partial charge in [0.2, 0.25) is 5.88 Å². The van der Waals surface area contributed by atoms with E-state index < -0.39 is 5.97 Å². The molecular formula is C14H12BrNO4. The van der Waals surface area contributed by atoms with E-state index in [-0.39, 0.29) is 18.1 Å². The van der Waals surface area contributed by atoms with E-state index in [9.17, 15) is 4.79 Å². The van der Waals surface area contributed by atoms with E-state index in [4.69, 9.17) is 14.6 Å². The topological polar surface area (TPSA) is 68.7 Å². The van der Waals surface area contributed by atoms with Crippen molar-refractivity contribution in [1.82, 2.24) is 4.98 Å². The molecule has 0 fully saturated rings. The molecule has 0 atom stereocenters. The van der Waals surface area contributed by atoms with Gasteiger partial charge in [0.05, 0.1) is 7.11 Å². The first kappa shape index (κ1) is 14.3. The Hall–Kier alpha value is -2.08. The van der Waals surface area contributed by atoms with Gasteiger partial charge in [-0.2, -0.15) is 0 Å². The number of pyridine rings is 1. The Kier molecular flexibility index (Phi) is 4.57. The molecule has 0 bridgehead atoms. The van der Waals surface area contributed by atoms with E-state index >= 15 is 0 Å². The number of benzene rings is 1. The molecule has 0 saturated heterocycles. The lowest BCUT2D eigenvalue weighted by atomic mass is 10.2. The van der Waals surface area contributed by atoms with E-state index in [1.807, 2.05) is 24.3 Å². The molecule has 0 amide bonds. The molecule has 0 aliphatic rings. The minimum absolute atomic E-state index is 0.0160. The maximum Gasteiger partial charge on any atom is 0.341 e. The van der Waals surface area contributed by atoms with Gasteiger partial charge in [-0.25, -0.2) is 9.78 Å². The van der Waals surface area contributed by atoms with Crippen LogP contribution in [0.5, 0.6) is 11.6 Å². The summed E-state index contributed by atoms with van der Waals surface area (Å²) in [7, 11) is 1.58. The summed E-state index contributed by atoms with van der Waals surface area (Å²) in [5.74, 6) is -0.281. The Bertz CT molecular complexity index is 630. The summed E-state index contributed by atoms with van der Waals surface area (Å²) in [6, 6.07) is 8.80. The number of carboxylic acids is 1. The highest BCUT2D eigenvalue weighted by Gasteiger charge is 2.13. The number of halogens is 1. The van der Waals surface area contributed by atoms with E-state index in [1.165, 1.54) is 12.3 Å². The van der Waals surface area contributed by atoms with Crippen LogP contribution in [0.15, 0.2) is 41.0 Å². The molecule has 0 aliphatic heterocycles. The highest BCUT2D eigenvalue weighted by atomic mass is 79.9. The van der Waals surface area contributed by atoms with Crippen molar-refractivity contribution in [3.8, 4) is 11.6 Å². The first-order valence-corrected chi connectivity index (χ1v) is 6.54. The molecule has 0 radical (unpaired) electrons. The van der Waals surface area contributed by atoms with Gasteiger partial charge in [0.25, 0.3) is 0 Å². The van der Waals surface area contributed by atoms with E-state index in [1.54, 1.807) is 7.11 Å². The van der Waals surface area contributed by atoms with Crippen molar-refractivity contribution >= 4 is 21.9 Å². The average molecular weight is 338 g/mol. The molecule has 0 unspecified atom stereocenters. The number of carboxylic acid groups (broad SMARTS) is 1. The molecule has 2 rings (SSSR count). The first-order valence-electron chi connectivity index (χ1n) is 5.74. The highest BCUT2D eigenvalue weighted by molar-refractivity contribution is 9.10. The standard InChI is InChI=1S/C14H12BrNO4/c1-19-11-4-2-3-9(5-11)8-20-13-12(14(17)18)6-10(15)7-16-13/h2-7H,8H2,1H3,(H,17,18). The van der Waals surface area contributed by atoms with Crippen molar-refractivity contribution in [2.24, 2.45) is 0 Å². The molecule has 1 aromatic carbocycles. The third-order valence-electron chi connectivity index (χ3n) is 2.56. The summed E-state index contributed by atoms with van der Waals surface area (Å²) in [6.07, 6.45) is 1.49. The second-order valence-corrected chi connectivity index (χ2v) is 4.87. The third-order valence-corrected chi connectivity index (χ3v) is 2.99. The molecule has 1 heterocycles. The summed E-state index contributed by atoms with van der Waals surface area (Å²) < 4.78 is 11.2. The molecule has 5 nitrogen and oxygen atoms in total. The quantitative estimate of drug-likeness (QED) is 0.907. The van der Waals surface area contributed by atoms with E-state index in [0.717, 1.165) is 5.56 Å². The summed E-state index contributed by atoms with van der Waals surface area (Å²) in [4.78, 5) is 15.1. The zero-order valence-corrected chi connectivity index (χ0v) is 12.3. The number of hydrogen-bond acceptors (Lipinski definition) is 4. The number of rotatable bonds is 5. The van der Waals surface area contributed by atoms with Crippen LogP contribution in [-0.4, -0.2) is 23.2 Å². The Balaban J connectivity index is 2.16. The minimum Gasteiger partial charge on any atom is -0.497 e. The fourth-order valence-electron chi connectivity index (χ4n) is 1.61. The molecule has 0 saturated carbocycles. The number of hydrogen-bond donors (Lipinski definition) is 1. The Morgan fingerprint density at radius 3 is 2.90 bits per heavy atom. The smallest absolute Gasteiger partial charge is 0.341 e. The van der Waals surface area contributed by atoms with Crippen molar-refractivity contribution in [3.05, 3.63) is 52.1 Å². The van der Waals surface area contributed by atoms with Crippen LogP contribution in [0.2, 0.25) is 0 Å². The Labute approximate surface area is 124 Å². The maximum atomic E-state index is 11.1. The largest absolute Gasteiger partial charge is 0.497 e. The van der Waals surface area contributed by atoms with Gasteiger partial charge in [-0.1, -0.05) is 12.1 Å². The fourth-order valence-corrected chi connectivity index (χ4v) is 1.94. The number of nitrogens with zero attached hydrogens (tertiary/aromatic N) is 1. The maximum absolute atomic E-state index is 11.1. The molecule has 20 heavy (non-hydrogen) atoms. The normalized spacial score (nSPS) is 10.1. The van der Waals surface area contributed by atoms with Gasteiger partial charge in [-0.3, -0.25) is 0 Å². The number of carbonyl (C=O) groups is 1. The van der Waals surface area contributed by atoms with Crippen LogP contribution in [0.4, 0.5) is 0 Å². The van der Waals surface area contributed by atoms with Gasteiger partial charge in [0.15, 0.2) is 0 Å². The van der Waals surface area contributed by atoms with Crippen molar-refractivity contribution < 1.29 is 19.4 Å². The van der Waals surface area contributed by atoms with Gasteiger partial charge in [-0.15, -0.1) is 0 Å². The number of methoxy groups -OCH3 is 1. The minimum atomic E-state index is -1.08. The third kappa shape index (κ3) is 3.48. The monoisotopic (exact) mass is 337 g/mol. The second kappa shape index (κ2) is 6.38. The van der Waals surface area contributed by atoms with Gasteiger partial charge in [-0.05, 0) is 39.7 Å². The lowest BCUT2D eigenvalue weighted by Crippen LogP contribution is -2.05. The van der Waals surface area contributed by atoms with Gasteiger partial charge in [0, 0.05) is 10.7 Å². The summed E-state index contributed by atoms with van der Waals surface area (Å²) in [6.45, 7) is 0.214. The highest BCUT2D eigenvalue weighted by Crippen LogP contribution is 2.21. The lowest BCUT2D eigenvalue weighted by Gasteiger charge is -2.09. The van der Waals surface area contributed by atoms with Crippen molar-refractivity contribution in [2.45, 2.75) is 6.61 Å². The molecule has 6 heteroatoms. The Morgan fingerprint density at radius 1 is 1.40 bits per heavy atom. The van der Waals surface area contributed by atoms with Crippen LogP contribution in [0.25, 0.3) is 0 Å². The second-order valence-electron chi connectivity index (χ2n) is 3.95. The zero-order valence-electron chi connectivity index (χ0n) is 10.7. The van der Waals surface area contributed by atoms with Crippen LogP contribution in [0.1, 0.15) is 15.9 Å². The van der Waals surface area contributed by atoms with Crippen LogP contribution in [0.3, 0.4) is 0 Å². The van der Waals surface area contributed by atoms with Crippen LogP contribution >= 0.6 is 15.9 Å². The molecule has 0 spiro atoms. The predicted molar refractivity (Wildman–Crippen MR) is 76.2 cm³/mol. The van der Waals surface area contributed by atoms with Crippen molar-refractivity contribution in [3.63, 3.8) is 0 Å². The number of aromatic carboxylic acids is 1. The molecular weight excluding hydrogens is 326 g/mol. The fraction of sp³-hybridized carbons (Fsp3) is 0.143. The molecule has 1 N–H and O–H groups in total. The summed E-state index contributed by atoms with van der Waals surface area (Å²) >= 11 is 3.18. The summed E-state index contributed by atoms with van der Waals surface area (Å²) in [5.41, 5.74) is 0.882. The predicted octanol–water partition coefficient (Wildman–Crippen LogP) is 3.13. The Morgan fingerprint density at radius 2 is 2.20 bits per heavy atom. The zero-order chi connectivity index (χ0) is 14.5. The molecule has 104 valence electrons. The van der Waals surface area contributed by atoms with E-state index in [2.05, 4.69) is 20.9 Å². The molecule has 1 aromatic heterocycles. The molecule has 0 aliphatic carbocycles. The van der Waals surface area contributed by atoms with Crippen LogP contribution in [-0.2, 0) is 6.61 Å². The number of aromatic nitrogens is 1. The van der Waals surface area contributed by atoms with Crippen molar-refractivity contribution in [2.75, 3.05) is 7.11 Å². The van der Waals surface area contributed by atoms with Gasteiger partial charge >= 0.3 is 5.97 Å². The van der Waals surface area contributed by atoms with E-state index in [0.29, 0.717) is 10.2 Å².